The van der Waals surface area contributed by atoms with Crippen LogP contribution in [0.25, 0.3) is 0 Å². The second-order valence-corrected chi connectivity index (χ2v) is 5.29. The first-order valence-electron chi connectivity index (χ1n) is 6.90. The summed E-state index contributed by atoms with van der Waals surface area (Å²) in [5.41, 5.74) is 4.26. The molecule has 0 unspecified atom stereocenters. The van der Waals surface area contributed by atoms with Crippen LogP contribution in [0.3, 0.4) is 0 Å². The number of hydrogen-bond donors (Lipinski definition) is 1. The minimum Gasteiger partial charge on any atom is -0.453 e. The second-order valence-electron chi connectivity index (χ2n) is 5.29. The standard InChI is InChI=1S/C17H21N3O/c1-6-7-13-16(9-12(3)18)21-17-10-15(20(4)5)11(2)8-14(17)19-13/h6-10,18H,1-5H3/b7-6+,16-9+,18-12?. The number of hydrogen-bond acceptors (Lipinski definition) is 4. The summed E-state index contributed by atoms with van der Waals surface area (Å²) in [7, 11) is 4.01. The summed E-state index contributed by atoms with van der Waals surface area (Å²) in [6.07, 6.45) is 5.51. The van der Waals surface area contributed by atoms with Crippen molar-refractivity contribution in [1.82, 2.24) is 0 Å². The second kappa shape index (κ2) is 5.95. The van der Waals surface area contributed by atoms with Gasteiger partial charge >= 0.3 is 0 Å². The molecule has 0 aliphatic carbocycles. The Kier molecular flexibility index (Phi) is 4.26. The van der Waals surface area contributed by atoms with E-state index in [1.54, 1.807) is 13.0 Å². The Morgan fingerprint density at radius 1 is 1.33 bits per heavy atom. The molecule has 1 aliphatic rings. The minimum atomic E-state index is 0.436. The van der Waals surface area contributed by atoms with Crippen molar-refractivity contribution >= 4 is 22.8 Å². The third-order valence-electron chi connectivity index (χ3n) is 3.14. The molecule has 1 heterocycles. The molecule has 1 N–H and O–H groups in total. The van der Waals surface area contributed by atoms with Gasteiger partial charge in [-0.25, -0.2) is 4.99 Å². The van der Waals surface area contributed by atoms with Crippen LogP contribution < -0.4 is 9.64 Å². The zero-order chi connectivity index (χ0) is 15.6. The molecule has 0 radical (unpaired) electrons. The Labute approximate surface area is 126 Å². The predicted octanol–water partition coefficient (Wildman–Crippen LogP) is 4.03. The Morgan fingerprint density at radius 2 is 2.05 bits per heavy atom. The summed E-state index contributed by atoms with van der Waals surface area (Å²) in [6, 6.07) is 4.02. The van der Waals surface area contributed by atoms with Crippen molar-refractivity contribution in [2.45, 2.75) is 20.8 Å². The highest BCUT2D eigenvalue weighted by atomic mass is 16.5. The molecule has 0 aromatic heterocycles. The molecule has 1 aliphatic heterocycles. The van der Waals surface area contributed by atoms with Crippen LogP contribution in [0.15, 0.2) is 41.1 Å². The van der Waals surface area contributed by atoms with E-state index in [9.17, 15) is 0 Å². The van der Waals surface area contributed by atoms with Crippen LogP contribution >= 0.6 is 0 Å². The van der Waals surface area contributed by atoms with E-state index in [1.165, 1.54) is 0 Å². The van der Waals surface area contributed by atoms with Crippen molar-refractivity contribution in [3.05, 3.63) is 41.7 Å². The molecule has 0 saturated carbocycles. The number of benzene rings is 1. The summed E-state index contributed by atoms with van der Waals surface area (Å²) in [4.78, 5) is 6.70. The quantitative estimate of drug-likeness (QED) is 0.851. The minimum absolute atomic E-state index is 0.436. The number of anilines is 1. The first kappa shape index (κ1) is 15.0. The highest BCUT2D eigenvalue weighted by Crippen LogP contribution is 2.39. The highest BCUT2D eigenvalue weighted by molar-refractivity contribution is 6.13. The van der Waals surface area contributed by atoms with Gasteiger partial charge in [-0.3, -0.25) is 0 Å². The number of rotatable bonds is 3. The molecule has 0 amide bonds. The third kappa shape index (κ3) is 3.21. The lowest BCUT2D eigenvalue weighted by atomic mass is 10.1. The van der Waals surface area contributed by atoms with Crippen molar-refractivity contribution in [1.29, 1.82) is 5.41 Å². The van der Waals surface area contributed by atoms with Gasteiger partial charge in [0.15, 0.2) is 11.5 Å². The van der Waals surface area contributed by atoms with Gasteiger partial charge in [-0.05, 0) is 38.5 Å². The first-order valence-corrected chi connectivity index (χ1v) is 6.90. The molecule has 4 heteroatoms. The summed E-state index contributed by atoms with van der Waals surface area (Å²) >= 11 is 0. The Balaban J connectivity index is 2.58. The van der Waals surface area contributed by atoms with Crippen molar-refractivity contribution in [2.24, 2.45) is 4.99 Å². The lowest BCUT2D eigenvalue weighted by Crippen LogP contribution is -2.14. The van der Waals surface area contributed by atoms with E-state index in [-0.39, 0.29) is 0 Å². The van der Waals surface area contributed by atoms with Gasteiger partial charge < -0.3 is 15.0 Å². The van der Waals surface area contributed by atoms with Crippen LogP contribution in [-0.4, -0.2) is 25.5 Å². The molecule has 110 valence electrons. The van der Waals surface area contributed by atoms with Gasteiger partial charge in [0.05, 0.1) is 0 Å². The number of nitrogens with zero attached hydrogens (tertiary/aromatic N) is 2. The summed E-state index contributed by atoms with van der Waals surface area (Å²) < 4.78 is 5.97. The molecule has 0 spiro atoms. The van der Waals surface area contributed by atoms with Gasteiger partial charge in [-0.2, -0.15) is 0 Å². The summed E-state index contributed by atoms with van der Waals surface area (Å²) in [5, 5.41) is 7.64. The first-order chi connectivity index (χ1) is 9.92. The molecule has 1 aromatic rings. The van der Waals surface area contributed by atoms with Gasteiger partial charge in [0.2, 0.25) is 0 Å². The number of ether oxygens (including phenoxy) is 1. The fourth-order valence-electron chi connectivity index (χ4n) is 2.25. The van der Waals surface area contributed by atoms with Crippen LogP contribution in [0.5, 0.6) is 5.75 Å². The third-order valence-corrected chi connectivity index (χ3v) is 3.14. The van der Waals surface area contributed by atoms with Gasteiger partial charge in [-0.1, -0.05) is 6.08 Å². The van der Waals surface area contributed by atoms with Gasteiger partial charge in [0.25, 0.3) is 0 Å². The Hall–Kier alpha value is -2.36. The molecular weight excluding hydrogens is 262 g/mol. The zero-order valence-electron chi connectivity index (χ0n) is 13.2. The van der Waals surface area contributed by atoms with Crippen molar-refractivity contribution in [3.63, 3.8) is 0 Å². The maximum Gasteiger partial charge on any atom is 0.155 e. The molecule has 0 atom stereocenters. The number of nitrogens with one attached hydrogen (secondary N) is 1. The van der Waals surface area contributed by atoms with Crippen molar-refractivity contribution in [2.75, 3.05) is 19.0 Å². The average molecular weight is 283 g/mol. The summed E-state index contributed by atoms with van der Waals surface area (Å²) in [5.74, 6) is 1.34. The maximum atomic E-state index is 7.64. The number of fused-ring (bicyclic) bond motifs is 1. The van der Waals surface area contributed by atoms with E-state index >= 15 is 0 Å². The van der Waals surface area contributed by atoms with E-state index in [4.69, 9.17) is 10.1 Å². The number of aryl methyl sites for hydroxylation is 1. The van der Waals surface area contributed by atoms with Gasteiger partial charge in [-0.15, -0.1) is 0 Å². The van der Waals surface area contributed by atoms with Crippen LogP contribution in [0.4, 0.5) is 11.4 Å². The van der Waals surface area contributed by atoms with E-state index in [2.05, 4.69) is 16.8 Å². The monoisotopic (exact) mass is 283 g/mol. The van der Waals surface area contributed by atoms with E-state index in [0.29, 0.717) is 11.5 Å². The lowest BCUT2D eigenvalue weighted by molar-refractivity contribution is 0.451. The maximum absolute atomic E-state index is 7.64. The SMILES string of the molecule is C/C=C/C1=Nc2cc(C)c(N(C)C)cc2O/C1=C/C(C)=N. The zero-order valence-corrected chi connectivity index (χ0v) is 13.2. The highest BCUT2D eigenvalue weighted by Gasteiger charge is 2.19. The molecule has 0 saturated heterocycles. The molecule has 0 bridgehead atoms. The van der Waals surface area contributed by atoms with E-state index < -0.39 is 0 Å². The lowest BCUT2D eigenvalue weighted by Gasteiger charge is -2.22. The molecule has 0 fully saturated rings. The summed E-state index contributed by atoms with van der Waals surface area (Å²) in [6.45, 7) is 5.72. The number of allylic oxidation sites excluding steroid dienone is 3. The largest absolute Gasteiger partial charge is 0.453 e. The van der Waals surface area contributed by atoms with Gasteiger partial charge in [0, 0.05) is 37.6 Å². The van der Waals surface area contributed by atoms with Crippen LogP contribution in [0.1, 0.15) is 19.4 Å². The molecule has 1 aromatic carbocycles. The molecule has 2 rings (SSSR count). The Morgan fingerprint density at radius 3 is 2.62 bits per heavy atom. The van der Waals surface area contributed by atoms with Crippen LogP contribution in [-0.2, 0) is 0 Å². The molecule has 21 heavy (non-hydrogen) atoms. The fraction of sp³-hybridized carbons (Fsp3) is 0.294. The normalized spacial score (nSPS) is 15.7. The van der Waals surface area contributed by atoms with Crippen LogP contribution in [0, 0.1) is 12.3 Å². The fourth-order valence-corrected chi connectivity index (χ4v) is 2.25. The average Bonchev–Trinajstić information content (AvgIpc) is 2.38. The van der Waals surface area contributed by atoms with Crippen LogP contribution in [0.2, 0.25) is 0 Å². The Bertz CT molecular complexity index is 667. The smallest absolute Gasteiger partial charge is 0.155 e. The molecule has 4 nitrogen and oxygen atoms in total. The predicted molar refractivity (Wildman–Crippen MR) is 89.5 cm³/mol. The molecular formula is C17H21N3O. The van der Waals surface area contributed by atoms with Crippen molar-refractivity contribution in [3.8, 4) is 5.75 Å². The van der Waals surface area contributed by atoms with Crippen molar-refractivity contribution < 1.29 is 4.74 Å². The topological polar surface area (TPSA) is 48.7 Å². The van der Waals surface area contributed by atoms with E-state index in [0.717, 1.165) is 28.4 Å². The van der Waals surface area contributed by atoms with E-state index in [1.807, 2.05) is 45.3 Å². The number of aliphatic imine (C=N–C) groups is 1. The van der Waals surface area contributed by atoms with Gasteiger partial charge in [0.1, 0.15) is 11.4 Å².